The average Bonchev–Trinajstić information content (AvgIpc) is 3.64. The van der Waals surface area contributed by atoms with Crippen molar-refractivity contribution in [2.75, 3.05) is 18.8 Å². The quantitative estimate of drug-likeness (QED) is 0.160. The number of fused-ring (bicyclic) bond motifs is 6. The van der Waals surface area contributed by atoms with Gasteiger partial charge in [0, 0.05) is 76.8 Å². The molecule has 6 heterocycles. The standard InChI is InChI=1S/C32H31N3O3S.C25H24N2O3S/c1-20(2)34-17-26(28-23-13-7-6-12-22(23)19-39-27-15-9-8-14-24(27)28)35-16-25(33)30(36)31(29(35)32(34)37)38-18-21-10-4-3-5-11-21;1-15(2)27-13-19(26-12-11-20(28)24(29)23(26)25(27)30)22-17-8-4-3-7-16(17)14-31-21-10-6-5-9-18(21)22/h3-16,20,26,28H,17-19,33H2,1-2H3;3-12,15,19,22,29H,13-14H2,1-2H3/t26-,28?;19-,22?/m11/s1. The lowest BCUT2D eigenvalue weighted by Crippen LogP contribution is -2.49. The number of amides is 2. The van der Waals surface area contributed by atoms with Crippen molar-refractivity contribution in [3.8, 4) is 11.5 Å². The number of ether oxygens (including phenoxy) is 1. The van der Waals surface area contributed by atoms with E-state index in [1.165, 1.54) is 49.2 Å². The molecule has 7 aromatic rings. The number of carbonyl (C=O) groups is 2. The number of anilines is 1. The fourth-order valence-corrected chi connectivity index (χ4v) is 12.8. The first-order valence-corrected chi connectivity index (χ1v) is 25.7. The highest BCUT2D eigenvalue weighted by atomic mass is 32.2. The summed E-state index contributed by atoms with van der Waals surface area (Å²) >= 11 is 3.66. The van der Waals surface area contributed by atoms with Crippen molar-refractivity contribution >= 4 is 41.0 Å². The fraction of sp³-hybridized carbons (Fsp3) is 0.263. The van der Waals surface area contributed by atoms with Crippen LogP contribution in [0.25, 0.3) is 0 Å². The van der Waals surface area contributed by atoms with Gasteiger partial charge >= 0.3 is 0 Å². The van der Waals surface area contributed by atoms with E-state index >= 15 is 0 Å². The third-order valence-electron chi connectivity index (χ3n) is 14.0. The van der Waals surface area contributed by atoms with Crippen molar-refractivity contribution in [2.24, 2.45) is 0 Å². The van der Waals surface area contributed by atoms with E-state index in [1.807, 2.05) is 95.6 Å². The molecule has 13 heteroatoms. The van der Waals surface area contributed by atoms with E-state index in [-0.39, 0.29) is 77.2 Å². The van der Waals surface area contributed by atoms with Crippen LogP contribution in [0.4, 0.5) is 5.69 Å². The van der Waals surface area contributed by atoms with Crippen LogP contribution >= 0.6 is 23.5 Å². The average molecular weight is 970 g/mol. The highest BCUT2D eigenvalue weighted by Crippen LogP contribution is 2.49. The summed E-state index contributed by atoms with van der Waals surface area (Å²) in [5, 5.41) is 10.6. The van der Waals surface area contributed by atoms with Crippen molar-refractivity contribution in [3.05, 3.63) is 217 Å². The monoisotopic (exact) mass is 969 g/mol. The number of nitrogens with zero attached hydrogens (tertiary/aromatic N) is 4. The van der Waals surface area contributed by atoms with Crippen molar-refractivity contribution in [1.29, 1.82) is 0 Å². The van der Waals surface area contributed by atoms with E-state index in [4.69, 9.17) is 10.5 Å². The van der Waals surface area contributed by atoms with E-state index in [0.717, 1.165) is 17.1 Å². The summed E-state index contributed by atoms with van der Waals surface area (Å²) in [4.78, 5) is 58.9. The number of hydrogen-bond donors (Lipinski definition) is 2. The maximum absolute atomic E-state index is 14.0. The van der Waals surface area contributed by atoms with Crippen LogP contribution in [0.2, 0.25) is 0 Å². The van der Waals surface area contributed by atoms with Crippen LogP contribution in [0, 0.1) is 0 Å². The van der Waals surface area contributed by atoms with Gasteiger partial charge in [-0.05, 0) is 78.8 Å². The number of benzene rings is 5. The highest BCUT2D eigenvalue weighted by Gasteiger charge is 2.43. The summed E-state index contributed by atoms with van der Waals surface area (Å²) < 4.78 is 9.88. The van der Waals surface area contributed by atoms with Crippen LogP contribution in [-0.4, -0.2) is 61.0 Å². The first-order chi connectivity index (χ1) is 33.9. The summed E-state index contributed by atoms with van der Waals surface area (Å²) in [5.74, 6) is 0.717. The molecule has 4 atom stereocenters. The van der Waals surface area contributed by atoms with Gasteiger partial charge in [-0.15, -0.1) is 23.5 Å². The molecule has 5 aromatic carbocycles. The molecule has 2 amide bonds. The van der Waals surface area contributed by atoms with Gasteiger partial charge in [-0.3, -0.25) is 19.2 Å². The van der Waals surface area contributed by atoms with Crippen LogP contribution in [-0.2, 0) is 18.1 Å². The largest absolute Gasteiger partial charge is 0.503 e. The third kappa shape index (κ3) is 8.48. The molecule has 11 rings (SSSR count). The molecular formula is C57H55N5O6S2. The second kappa shape index (κ2) is 19.4. The third-order valence-corrected chi connectivity index (χ3v) is 16.3. The van der Waals surface area contributed by atoms with Crippen LogP contribution in [0.5, 0.6) is 11.5 Å². The minimum absolute atomic E-state index is 0.0163. The Morgan fingerprint density at radius 3 is 1.61 bits per heavy atom. The Morgan fingerprint density at radius 1 is 0.600 bits per heavy atom. The van der Waals surface area contributed by atoms with Gasteiger partial charge in [0.15, 0.2) is 22.9 Å². The number of pyridine rings is 2. The number of aromatic nitrogens is 2. The molecule has 4 aliphatic heterocycles. The molecule has 70 heavy (non-hydrogen) atoms. The summed E-state index contributed by atoms with van der Waals surface area (Å²) in [6, 6.07) is 44.4. The SMILES string of the molecule is CC(C)N1C[C@H](C2c3ccccc3CSc3ccccc32)n2cc(N)c(=O)c(OCc3ccccc3)c2C1=O.CC(C)N1C[C@H](C2c3ccccc3CSc3ccccc32)n2ccc(=O)c(O)c2C1=O. The Hall–Kier alpha value is -6.96. The lowest BCUT2D eigenvalue weighted by atomic mass is 9.81. The van der Waals surface area contributed by atoms with Crippen LogP contribution in [0.1, 0.15) is 112 Å². The Morgan fingerprint density at radius 2 is 1.07 bits per heavy atom. The Labute approximate surface area is 415 Å². The molecule has 0 aliphatic carbocycles. The maximum atomic E-state index is 14.0. The zero-order chi connectivity index (χ0) is 48.8. The van der Waals surface area contributed by atoms with Gasteiger partial charge in [0.05, 0.1) is 12.1 Å². The van der Waals surface area contributed by atoms with E-state index < -0.39 is 16.6 Å². The van der Waals surface area contributed by atoms with Gasteiger partial charge in [-0.2, -0.15) is 0 Å². The summed E-state index contributed by atoms with van der Waals surface area (Å²) in [7, 11) is 0. The molecule has 0 bridgehead atoms. The van der Waals surface area contributed by atoms with E-state index in [2.05, 4.69) is 97.1 Å². The first-order valence-electron chi connectivity index (χ1n) is 23.8. The molecule has 3 N–H and O–H groups in total. The molecular weight excluding hydrogens is 915 g/mol. The number of nitrogens with two attached hydrogens (primary N) is 1. The Balaban J connectivity index is 0.000000166. The number of thioether (sulfide) groups is 2. The molecule has 0 spiro atoms. The zero-order valence-corrected chi connectivity index (χ0v) is 41.2. The minimum Gasteiger partial charge on any atom is -0.503 e. The second-order valence-corrected chi connectivity index (χ2v) is 20.8. The molecule has 4 aliphatic rings. The van der Waals surface area contributed by atoms with Crippen molar-refractivity contribution in [3.63, 3.8) is 0 Å². The molecule has 2 aromatic heterocycles. The number of nitrogen functional groups attached to an aromatic ring is 1. The normalized spacial score (nSPS) is 19.1. The Bertz CT molecular complexity index is 3170. The number of rotatable bonds is 7. The van der Waals surface area contributed by atoms with Gasteiger partial charge in [-0.25, -0.2) is 0 Å². The smallest absolute Gasteiger partial charge is 0.274 e. The topological polar surface area (TPSA) is 140 Å². The molecule has 356 valence electrons. The molecule has 2 unspecified atom stereocenters. The highest BCUT2D eigenvalue weighted by molar-refractivity contribution is 7.98. The minimum atomic E-state index is -0.527. The van der Waals surface area contributed by atoms with Crippen LogP contribution in [0.3, 0.4) is 0 Å². The van der Waals surface area contributed by atoms with Gasteiger partial charge in [-0.1, -0.05) is 115 Å². The van der Waals surface area contributed by atoms with Crippen molar-refractivity contribution in [1.82, 2.24) is 18.9 Å². The zero-order valence-electron chi connectivity index (χ0n) is 39.5. The second-order valence-electron chi connectivity index (χ2n) is 18.8. The molecule has 11 nitrogen and oxygen atoms in total. The van der Waals surface area contributed by atoms with Gasteiger partial charge in [0.25, 0.3) is 11.8 Å². The number of hydrogen-bond acceptors (Lipinski definition) is 9. The van der Waals surface area contributed by atoms with E-state index in [1.54, 1.807) is 17.3 Å². The van der Waals surface area contributed by atoms with Crippen LogP contribution < -0.4 is 21.3 Å². The van der Waals surface area contributed by atoms with E-state index in [9.17, 15) is 24.3 Å². The predicted octanol–water partition coefficient (Wildman–Crippen LogP) is 10.2. The Kier molecular flexibility index (Phi) is 13.0. The summed E-state index contributed by atoms with van der Waals surface area (Å²) in [6.07, 6.45) is 3.32. The van der Waals surface area contributed by atoms with Crippen molar-refractivity contribution < 1.29 is 19.4 Å². The van der Waals surface area contributed by atoms with Crippen molar-refractivity contribution in [2.45, 2.75) is 91.6 Å². The molecule has 0 radical (unpaired) electrons. The van der Waals surface area contributed by atoms with Crippen LogP contribution in [0.15, 0.2) is 165 Å². The summed E-state index contributed by atoms with van der Waals surface area (Å²) in [5.41, 5.74) is 14.1. The molecule has 0 fully saturated rings. The van der Waals surface area contributed by atoms with Gasteiger partial charge < -0.3 is 34.5 Å². The van der Waals surface area contributed by atoms with E-state index in [0.29, 0.717) is 13.1 Å². The lowest BCUT2D eigenvalue weighted by molar-refractivity contribution is 0.0578. The van der Waals surface area contributed by atoms with Gasteiger partial charge in [0.1, 0.15) is 12.3 Å². The summed E-state index contributed by atoms with van der Waals surface area (Å²) in [6.45, 7) is 9.11. The van der Waals surface area contributed by atoms with Gasteiger partial charge in [0.2, 0.25) is 10.9 Å². The molecule has 0 saturated heterocycles. The number of carbonyl (C=O) groups excluding carboxylic acids is 2. The predicted molar refractivity (Wildman–Crippen MR) is 277 cm³/mol. The molecule has 0 saturated carbocycles. The maximum Gasteiger partial charge on any atom is 0.274 e. The fourth-order valence-electron chi connectivity index (χ4n) is 10.6. The lowest BCUT2D eigenvalue weighted by Gasteiger charge is -2.42. The first kappa shape index (κ1) is 46.8. The number of aromatic hydroxyl groups is 1.